The number of amides is 1. The van der Waals surface area contributed by atoms with Crippen molar-refractivity contribution < 1.29 is 14.6 Å². The first kappa shape index (κ1) is 14.5. The molecule has 100 valence electrons. The minimum atomic E-state index is -0.551. The van der Waals surface area contributed by atoms with Crippen molar-refractivity contribution in [3.63, 3.8) is 0 Å². The maximum Gasteiger partial charge on any atom is 0.222 e. The summed E-state index contributed by atoms with van der Waals surface area (Å²) in [7, 11) is 3.48. The predicted molar refractivity (Wildman–Crippen MR) is 70.5 cm³/mol. The number of nitrogens with zero attached hydrogens (tertiary/aromatic N) is 1. The molecular weight excluding hydrogens is 230 g/mol. The number of hydrogen-bond acceptors (Lipinski definition) is 3. The lowest BCUT2D eigenvalue weighted by atomic mass is 10.1. The summed E-state index contributed by atoms with van der Waals surface area (Å²) in [5.41, 5.74) is 0.774. The topological polar surface area (TPSA) is 49.8 Å². The van der Waals surface area contributed by atoms with Gasteiger partial charge in [0.1, 0.15) is 5.75 Å². The number of ether oxygens (including phenoxy) is 1. The first-order chi connectivity index (χ1) is 8.52. The molecule has 0 aliphatic carbocycles. The van der Waals surface area contributed by atoms with Crippen LogP contribution in [0.4, 0.5) is 0 Å². The third-order valence-electron chi connectivity index (χ3n) is 2.66. The SMILES string of the molecule is CC(O)c1ccccc1OCCCC(=O)N(C)C. The molecule has 1 rings (SSSR count). The van der Waals surface area contributed by atoms with E-state index in [1.54, 1.807) is 25.9 Å². The van der Waals surface area contributed by atoms with E-state index in [0.717, 1.165) is 5.56 Å². The zero-order valence-corrected chi connectivity index (χ0v) is 11.2. The molecule has 1 aromatic carbocycles. The summed E-state index contributed by atoms with van der Waals surface area (Å²) < 4.78 is 5.60. The molecule has 1 unspecified atom stereocenters. The van der Waals surface area contributed by atoms with Gasteiger partial charge in [-0.2, -0.15) is 0 Å². The van der Waals surface area contributed by atoms with Gasteiger partial charge in [0.2, 0.25) is 5.91 Å². The largest absolute Gasteiger partial charge is 0.493 e. The average Bonchev–Trinajstić information content (AvgIpc) is 2.34. The highest BCUT2D eigenvalue weighted by Crippen LogP contribution is 2.24. The van der Waals surface area contributed by atoms with Crippen molar-refractivity contribution in [1.29, 1.82) is 0 Å². The summed E-state index contributed by atoms with van der Waals surface area (Å²) in [6.07, 6.45) is 0.597. The van der Waals surface area contributed by atoms with Crippen LogP contribution in [0.25, 0.3) is 0 Å². The van der Waals surface area contributed by atoms with E-state index in [1.165, 1.54) is 0 Å². The second-order valence-corrected chi connectivity index (χ2v) is 4.45. The van der Waals surface area contributed by atoms with E-state index in [0.29, 0.717) is 25.2 Å². The molecule has 0 fully saturated rings. The normalized spacial score (nSPS) is 12.0. The first-order valence-electron chi connectivity index (χ1n) is 6.12. The molecule has 0 bridgehead atoms. The van der Waals surface area contributed by atoms with Crippen molar-refractivity contribution in [3.8, 4) is 5.75 Å². The lowest BCUT2D eigenvalue weighted by Crippen LogP contribution is -2.21. The van der Waals surface area contributed by atoms with Gasteiger partial charge >= 0.3 is 0 Å². The molecule has 18 heavy (non-hydrogen) atoms. The molecule has 0 aliphatic heterocycles. The van der Waals surface area contributed by atoms with Gasteiger partial charge in [0.05, 0.1) is 12.7 Å². The number of benzene rings is 1. The van der Waals surface area contributed by atoms with Crippen LogP contribution >= 0.6 is 0 Å². The van der Waals surface area contributed by atoms with Gasteiger partial charge in [-0.1, -0.05) is 18.2 Å². The van der Waals surface area contributed by atoms with Gasteiger partial charge in [-0.05, 0) is 19.4 Å². The molecular formula is C14H21NO3. The maximum atomic E-state index is 11.4. The van der Waals surface area contributed by atoms with E-state index < -0.39 is 6.10 Å². The van der Waals surface area contributed by atoms with E-state index in [-0.39, 0.29) is 5.91 Å². The Morgan fingerprint density at radius 3 is 2.67 bits per heavy atom. The Hall–Kier alpha value is -1.55. The molecule has 1 aromatic rings. The van der Waals surface area contributed by atoms with Crippen LogP contribution in [0.5, 0.6) is 5.75 Å². The van der Waals surface area contributed by atoms with Gasteiger partial charge < -0.3 is 14.7 Å². The van der Waals surface area contributed by atoms with Gasteiger partial charge in [0.15, 0.2) is 0 Å². The minimum Gasteiger partial charge on any atom is -0.493 e. The highest BCUT2D eigenvalue weighted by molar-refractivity contribution is 5.75. The molecule has 0 spiro atoms. The average molecular weight is 251 g/mol. The predicted octanol–water partition coefficient (Wildman–Crippen LogP) is 1.99. The van der Waals surface area contributed by atoms with Crippen molar-refractivity contribution >= 4 is 5.91 Å². The Balaban J connectivity index is 2.42. The summed E-state index contributed by atoms with van der Waals surface area (Å²) in [6, 6.07) is 7.40. The standard InChI is InChI=1S/C14H21NO3/c1-11(16)12-7-4-5-8-13(12)18-10-6-9-14(17)15(2)3/h4-5,7-8,11,16H,6,9-10H2,1-3H3. The molecule has 4 heteroatoms. The van der Waals surface area contributed by atoms with Crippen LogP contribution in [-0.4, -0.2) is 36.6 Å². The Bertz CT molecular complexity index is 388. The molecule has 1 atom stereocenters. The summed E-state index contributed by atoms with van der Waals surface area (Å²) in [5.74, 6) is 0.784. The van der Waals surface area contributed by atoms with Crippen LogP contribution in [0.15, 0.2) is 24.3 Å². The molecule has 0 heterocycles. The highest BCUT2D eigenvalue weighted by atomic mass is 16.5. The second kappa shape index (κ2) is 7.01. The van der Waals surface area contributed by atoms with Crippen LogP contribution in [0, 0.1) is 0 Å². The second-order valence-electron chi connectivity index (χ2n) is 4.45. The Kier molecular flexibility index (Phi) is 5.65. The molecule has 0 aliphatic rings. The zero-order valence-electron chi connectivity index (χ0n) is 11.2. The van der Waals surface area contributed by atoms with Gasteiger partial charge in [0.25, 0.3) is 0 Å². The molecule has 0 saturated heterocycles. The van der Waals surface area contributed by atoms with E-state index in [9.17, 15) is 9.90 Å². The van der Waals surface area contributed by atoms with Crippen molar-refractivity contribution in [1.82, 2.24) is 4.90 Å². The van der Waals surface area contributed by atoms with Crippen LogP contribution < -0.4 is 4.74 Å². The Morgan fingerprint density at radius 1 is 1.39 bits per heavy atom. The van der Waals surface area contributed by atoms with Crippen LogP contribution in [0.2, 0.25) is 0 Å². The maximum absolute atomic E-state index is 11.4. The van der Waals surface area contributed by atoms with Crippen LogP contribution in [0.1, 0.15) is 31.4 Å². The number of carbonyl (C=O) groups excluding carboxylic acids is 1. The minimum absolute atomic E-state index is 0.0995. The summed E-state index contributed by atoms with van der Waals surface area (Å²) in [6.45, 7) is 2.18. The molecule has 0 saturated carbocycles. The van der Waals surface area contributed by atoms with Crippen molar-refractivity contribution in [2.24, 2.45) is 0 Å². The lowest BCUT2D eigenvalue weighted by molar-refractivity contribution is -0.128. The first-order valence-corrected chi connectivity index (χ1v) is 6.12. The van der Waals surface area contributed by atoms with Gasteiger partial charge in [-0.15, -0.1) is 0 Å². The summed E-state index contributed by atoms with van der Waals surface area (Å²) in [5, 5.41) is 9.58. The fraction of sp³-hybridized carbons (Fsp3) is 0.500. The Labute approximate surface area is 108 Å². The zero-order chi connectivity index (χ0) is 13.5. The van der Waals surface area contributed by atoms with Crippen molar-refractivity contribution in [3.05, 3.63) is 29.8 Å². The van der Waals surface area contributed by atoms with E-state index in [1.807, 2.05) is 24.3 Å². The fourth-order valence-corrected chi connectivity index (χ4v) is 1.59. The fourth-order valence-electron chi connectivity index (χ4n) is 1.59. The molecule has 0 radical (unpaired) electrons. The van der Waals surface area contributed by atoms with E-state index in [2.05, 4.69) is 0 Å². The Morgan fingerprint density at radius 2 is 2.06 bits per heavy atom. The van der Waals surface area contributed by atoms with E-state index in [4.69, 9.17) is 4.74 Å². The number of para-hydroxylation sites is 1. The van der Waals surface area contributed by atoms with Crippen molar-refractivity contribution in [2.45, 2.75) is 25.9 Å². The molecule has 4 nitrogen and oxygen atoms in total. The summed E-state index contributed by atoms with van der Waals surface area (Å²) in [4.78, 5) is 12.9. The third-order valence-corrected chi connectivity index (χ3v) is 2.66. The van der Waals surface area contributed by atoms with E-state index >= 15 is 0 Å². The van der Waals surface area contributed by atoms with Crippen LogP contribution in [-0.2, 0) is 4.79 Å². The third kappa shape index (κ3) is 4.37. The number of aliphatic hydroxyl groups excluding tert-OH is 1. The molecule has 0 aromatic heterocycles. The molecule has 1 N–H and O–H groups in total. The summed E-state index contributed by atoms with van der Waals surface area (Å²) >= 11 is 0. The smallest absolute Gasteiger partial charge is 0.222 e. The highest BCUT2D eigenvalue weighted by Gasteiger charge is 2.08. The monoisotopic (exact) mass is 251 g/mol. The van der Waals surface area contributed by atoms with Gasteiger partial charge in [-0.25, -0.2) is 0 Å². The van der Waals surface area contributed by atoms with Crippen LogP contribution in [0.3, 0.4) is 0 Å². The quantitative estimate of drug-likeness (QED) is 0.787. The molecule has 1 amide bonds. The lowest BCUT2D eigenvalue weighted by Gasteiger charge is -2.14. The number of hydrogen-bond donors (Lipinski definition) is 1. The number of carbonyl (C=O) groups is 1. The van der Waals surface area contributed by atoms with Gasteiger partial charge in [0, 0.05) is 26.1 Å². The number of aliphatic hydroxyl groups is 1. The van der Waals surface area contributed by atoms with Gasteiger partial charge in [-0.3, -0.25) is 4.79 Å². The van der Waals surface area contributed by atoms with Crippen molar-refractivity contribution in [2.75, 3.05) is 20.7 Å². The number of rotatable bonds is 6.